The Balaban J connectivity index is 1.82. The van der Waals surface area contributed by atoms with Crippen LogP contribution in [-0.2, 0) is 22.4 Å². The minimum absolute atomic E-state index is 0.297. The van der Waals surface area contributed by atoms with Gasteiger partial charge in [-0.1, -0.05) is 29.3 Å². The Hall–Kier alpha value is -1.82. The zero-order valence-corrected chi connectivity index (χ0v) is 17.1. The number of anilines is 1. The number of hydrogen-bond acceptors (Lipinski definition) is 4. The number of fused-ring (bicyclic) bond motifs is 1. The molecule has 4 nitrogen and oxygen atoms in total. The van der Waals surface area contributed by atoms with Crippen molar-refractivity contribution in [2.24, 2.45) is 0 Å². The van der Waals surface area contributed by atoms with Gasteiger partial charge in [-0.3, -0.25) is 4.79 Å². The van der Waals surface area contributed by atoms with Gasteiger partial charge in [0.2, 0.25) is 5.91 Å². The third-order valence-electron chi connectivity index (χ3n) is 4.26. The Labute approximate surface area is 172 Å². The van der Waals surface area contributed by atoms with Crippen LogP contribution in [0.15, 0.2) is 24.3 Å². The van der Waals surface area contributed by atoms with Gasteiger partial charge < -0.3 is 10.1 Å². The molecule has 0 saturated carbocycles. The second-order valence-electron chi connectivity index (χ2n) is 6.12. The molecule has 0 radical (unpaired) electrons. The van der Waals surface area contributed by atoms with Gasteiger partial charge in [0.15, 0.2) is 0 Å². The number of nitrogens with one attached hydrogen (secondary N) is 1. The molecule has 1 amide bonds. The van der Waals surface area contributed by atoms with E-state index in [0.29, 0.717) is 32.8 Å². The zero-order valence-electron chi connectivity index (χ0n) is 14.8. The first kappa shape index (κ1) is 19.9. The lowest BCUT2D eigenvalue weighted by atomic mass is 9.95. The summed E-state index contributed by atoms with van der Waals surface area (Å²) in [5, 5.41) is 4.38. The maximum atomic E-state index is 12.4. The maximum absolute atomic E-state index is 12.4. The van der Waals surface area contributed by atoms with Gasteiger partial charge >= 0.3 is 5.97 Å². The van der Waals surface area contributed by atoms with Crippen molar-refractivity contribution in [3.63, 3.8) is 0 Å². The van der Waals surface area contributed by atoms with Gasteiger partial charge in [-0.2, -0.15) is 0 Å². The highest BCUT2D eigenvalue weighted by atomic mass is 35.5. The SMILES string of the molecule is CCOC(=O)c1c(NC(=O)C=Cc2ccc(Cl)cc2Cl)sc2c1CCCC2. The summed E-state index contributed by atoms with van der Waals surface area (Å²) in [6, 6.07) is 5.06. The molecule has 7 heteroatoms. The van der Waals surface area contributed by atoms with Crippen LogP contribution in [0.25, 0.3) is 6.08 Å². The monoisotopic (exact) mass is 423 g/mol. The van der Waals surface area contributed by atoms with E-state index >= 15 is 0 Å². The number of ether oxygens (including phenoxy) is 1. The van der Waals surface area contributed by atoms with E-state index in [2.05, 4.69) is 5.32 Å². The van der Waals surface area contributed by atoms with E-state index in [-0.39, 0.29) is 11.9 Å². The topological polar surface area (TPSA) is 55.4 Å². The lowest BCUT2D eigenvalue weighted by molar-refractivity contribution is -0.111. The van der Waals surface area contributed by atoms with Crippen molar-refractivity contribution in [3.05, 3.63) is 55.9 Å². The lowest BCUT2D eigenvalue weighted by Crippen LogP contribution is -2.14. The fourth-order valence-electron chi connectivity index (χ4n) is 3.03. The smallest absolute Gasteiger partial charge is 0.341 e. The predicted molar refractivity (Wildman–Crippen MR) is 111 cm³/mol. The molecule has 0 unspecified atom stereocenters. The Kier molecular flexibility index (Phi) is 6.58. The molecule has 1 aromatic heterocycles. The molecular weight excluding hydrogens is 405 g/mol. The number of esters is 1. The molecule has 1 N–H and O–H groups in total. The first-order chi connectivity index (χ1) is 13.0. The largest absolute Gasteiger partial charge is 0.462 e. The van der Waals surface area contributed by atoms with Crippen LogP contribution >= 0.6 is 34.5 Å². The van der Waals surface area contributed by atoms with Crippen LogP contribution in [-0.4, -0.2) is 18.5 Å². The van der Waals surface area contributed by atoms with Gasteiger partial charge in [0.25, 0.3) is 0 Å². The standard InChI is InChI=1S/C20H19Cl2NO3S/c1-2-26-20(25)18-14-5-3-4-6-16(14)27-19(18)23-17(24)10-8-12-7-9-13(21)11-15(12)22/h7-11H,2-6H2,1H3,(H,23,24). The average molecular weight is 424 g/mol. The quantitative estimate of drug-likeness (QED) is 0.490. The first-order valence-electron chi connectivity index (χ1n) is 8.75. The highest BCUT2D eigenvalue weighted by Crippen LogP contribution is 2.38. The number of amides is 1. The van der Waals surface area contributed by atoms with Crippen LogP contribution < -0.4 is 5.32 Å². The van der Waals surface area contributed by atoms with Crippen molar-refractivity contribution in [1.82, 2.24) is 0 Å². The van der Waals surface area contributed by atoms with E-state index in [1.165, 1.54) is 17.4 Å². The molecule has 0 bridgehead atoms. The summed E-state index contributed by atoms with van der Waals surface area (Å²) < 4.78 is 5.20. The molecule has 0 saturated heterocycles. The highest BCUT2D eigenvalue weighted by molar-refractivity contribution is 7.17. The number of rotatable bonds is 5. The minimum Gasteiger partial charge on any atom is -0.462 e. The molecule has 0 aliphatic heterocycles. The van der Waals surface area contributed by atoms with Crippen LogP contribution in [0.3, 0.4) is 0 Å². The summed E-state index contributed by atoms with van der Waals surface area (Å²) in [6.07, 6.45) is 6.91. The lowest BCUT2D eigenvalue weighted by Gasteiger charge is -2.12. The van der Waals surface area contributed by atoms with Gasteiger partial charge in [0, 0.05) is 21.0 Å². The summed E-state index contributed by atoms with van der Waals surface area (Å²) in [5.74, 6) is -0.706. The molecule has 2 aromatic rings. The Morgan fingerprint density at radius 2 is 2.04 bits per heavy atom. The summed E-state index contributed by atoms with van der Waals surface area (Å²) in [5.41, 5.74) is 2.21. The molecule has 1 aliphatic rings. The van der Waals surface area contributed by atoms with Gasteiger partial charge in [0.1, 0.15) is 5.00 Å². The Bertz CT molecular complexity index is 905. The first-order valence-corrected chi connectivity index (χ1v) is 10.3. The number of halogens is 2. The molecule has 142 valence electrons. The fourth-order valence-corrected chi connectivity index (χ4v) is 4.78. The van der Waals surface area contributed by atoms with Crippen LogP contribution in [0.5, 0.6) is 0 Å². The van der Waals surface area contributed by atoms with E-state index in [1.807, 2.05) is 0 Å². The van der Waals surface area contributed by atoms with E-state index in [1.54, 1.807) is 31.2 Å². The molecular formula is C20H19Cl2NO3S. The van der Waals surface area contributed by atoms with Crippen LogP contribution in [0.4, 0.5) is 5.00 Å². The number of thiophene rings is 1. The molecule has 1 aliphatic carbocycles. The summed E-state index contributed by atoms with van der Waals surface area (Å²) in [4.78, 5) is 26.0. The molecule has 0 spiro atoms. The third-order valence-corrected chi connectivity index (χ3v) is 6.03. The summed E-state index contributed by atoms with van der Waals surface area (Å²) >= 11 is 13.5. The number of benzene rings is 1. The van der Waals surface area contributed by atoms with Crippen molar-refractivity contribution in [1.29, 1.82) is 0 Å². The molecule has 1 aromatic carbocycles. The van der Waals surface area contributed by atoms with Crippen LogP contribution in [0.2, 0.25) is 10.0 Å². The van der Waals surface area contributed by atoms with E-state index in [9.17, 15) is 9.59 Å². The highest BCUT2D eigenvalue weighted by Gasteiger charge is 2.26. The third kappa shape index (κ3) is 4.72. The normalized spacial score (nSPS) is 13.4. The number of carbonyl (C=O) groups excluding carboxylic acids is 2. The van der Waals surface area contributed by atoms with Gasteiger partial charge in [-0.15, -0.1) is 11.3 Å². The molecule has 27 heavy (non-hydrogen) atoms. The maximum Gasteiger partial charge on any atom is 0.341 e. The number of aryl methyl sites for hydroxylation is 1. The Morgan fingerprint density at radius 3 is 2.78 bits per heavy atom. The van der Waals surface area contributed by atoms with Crippen molar-refractivity contribution >= 4 is 57.5 Å². The van der Waals surface area contributed by atoms with E-state index < -0.39 is 0 Å². The summed E-state index contributed by atoms with van der Waals surface area (Å²) in [7, 11) is 0. The van der Waals surface area contributed by atoms with Crippen molar-refractivity contribution in [3.8, 4) is 0 Å². The second-order valence-corrected chi connectivity index (χ2v) is 8.07. The average Bonchev–Trinajstić information content (AvgIpc) is 2.99. The zero-order chi connectivity index (χ0) is 19.4. The second kappa shape index (κ2) is 8.91. The molecule has 0 atom stereocenters. The van der Waals surface area contributed by atoms with E-state index in [0.717, 1.165) is 36.1 Å². The predicted octanol–water partition coefficient (Wildman–Crippen LogP) is 5.76. The molecule has 3 rings (SSSR count). The summed E-state index contributed by atoms with van der Waals surface area (Å²) in [6.45, 7) is 2.07. The van der Waals surface area contributed by atoms with Crippen molar-refractivity contribution in [2.75, 3.05) is 11.9 Å². The molecule has 1 heterocycles. The fraction of sp³-hybridized carbons (Fsp3) is 0.300. The minimum atomic E-state index is -0.378. The van der Waals surface area contributed by atoms with Crippen molar-refractivity contribution in [2.45, 2.75) is 32.6 Å². The van der Waals surface area contributed by atoms with E-state index in [4.69, 9.17) is 27.9 Å². The molecule has 0 fully saturated rings. The van der Waals surface area contributed by atoms with Gasteiger partial charge in [-0.25, -0.2) is 4.79 Å². The van der Waals surface area contributed by atoms with Crippen molar-refractivity contribution < 1.29 is 14.3 Å². The Morgan fingerprint density at radius 1 is 1.26 bits per heavy atom. The van der Waals surface area contributed by atoms with Gasteiger partial charge in [-0.05, 0) is 61.9 Å². The van der Waals surface area contributed by atoms with Crippen LogP contribution in [0, 0.1) is 0 Å². The number of hydrogen-bond donors (Lipinski definition) is 1. The van der Waals surface area contributed by atoms with Gasteiger partial charge in [0.05, 0.1) is 12.2 Å². The van der Waals surface area contributed by atoms with Crippen LogP contribution in [0.1, 0.15) is 46.1 Å². The number of carbonyl (C=O) groups is 2.